The molecule has 6 rings (SSSR count). The molecule has 5 aromatic rings. The fourth-order valence-corrected chi connectivity index (χ4v) is 6.24. The van der Waals surface area contributed by atoms with Crippen molar-refractivity contribution in [1.29, 1.82) is 0 Å². The monoisotopic (exact) mass is 642 g/mol. The van der Waals surface area contributed by atoms with E-state index in [0.717, 1.165) is 39.7 Å². The lowest BCUT2D eigenvalue weighted by molar-refractivity contribution is -0.117. The molecule has 2 aromatic carbocycles. The van der Waals surface area contributed by atoms with Crippen molar-refractivity contribution in [3.05, 3.63) is 83.4 Å². The number of aryl methyl sites for hydroxylation is 1. The summed E-state index contributed by atoms with van der Waals surface area (Å²) in [5, 5.41) is 11.6. The molecule has 0 aliphatic carbocycles. The van der Waals surface area contributed by atoms with Crippen molar-refractivity contribution in [1.82, 2.24) is 24.7 Å². The number of rotatable bonds is 9. The van der Waals surface area contributed by atoms with Crippen LogP contribution in [0.15, 0.2) is 67.1 Å². The van der Waals surface area contributed by atoms with Crippen LogP contribution in [0.1, 0.15) is 37.9 Å². The van der Waals surface area contributed by atoms with E-state index < -0.39 is 6.03 Å². The van der Waals surface area contributed by atoms with Gasteiger partial charge in [0.2, 0.25) is 5.91 Å². The van der Waals surface area contributed by atoms with E-state index in [1.807, 2.05) is 49.4 Å². The highest BCUT2D eigenvalue weighted by Gasteiger charge is 2.24. The molecule has 0 radical (unpaired) electrons. The van der Waals surface area contributed by atoms with Crippen LogP contribution in [-0.4, -0.2) is 43.2 Å². The van der Waals surface area contributed by atoms with Crippen LogP contribution in [0.5, 0.6) is 11.8 Å². The zero-order valence-corrected chi connectivity index (χ0v) is 26.5. The molecule has 4 heterocycles. The highest BCUT2D eigenvalue weighted by molar-refractivity contribution is 7.19. The van der Waals surface area contributed by atoms with Gasteiger partial charge >= 0.3 is 12.0 Å². The number of hydrogen-bond donors (Lipinski definition) is 2. The first-order chi connectivity index (χ1) is 21.7. The van der Waals surface area contributed by atoms with Gasteiger partial charge in [0.05, 0.1) is 39.4 Å². The van der Waals surface area contributed by atoms with Gasteiger partial charge in [-0.25, -0.2) is 24.4 Å². The SMILES string of the molecule is Cc1cccc(Cl)c1-n1nc(CC(C)C)cc1NC(=O)Nc1cnc(Oc2ccc(-c3cnc(N4CCCC4=O)s3)cc2)nc1. The molecule has 0 bridgehead atoms. The average Bonchev–Trinajstić information content (AvgIpc) is 3.75. The van der Waals surface area contributed by atoms with Gasteiger partial charge in [0, 0.05) is 25.2 Å². The van der Waals surface area contributed by atoms with Crippen molar-refractivity contribution in [2.24, 2.45) is 5.92 Å². The van der Waals surface area contributed by atoms with E-state index in [0.29, 0.717) is 46.8 Å². The van der Waals surface area contributed by atoms with Gasteiger partial charge in [-0.1, -0.05) is 48.9 Å². The zero-order chi connectivity index (χ0) is 31.5. The van der Waals surface area contributed by atoms with E-state index in [1.54, 1.807) is 21.8 Å². The minimum absolute atomic E-state index is 0.119. The summed E-state index contributed by atoms with van der Waals surface area (Å²) >= 11 is 8.01. The quantitative estimate of drug-likeness (QED) is 0.170. The Bertz CT molecular complexity index is 1820. The van der Waals surface area contributed by atoms with Gasteiger partial charge in [-0.3, -0.25) is 15.0 Å². The van der Waals surface area contributed by atoms with Crippen LogP contribution in [0.3, 0.4) is 0 Å². The summed E-state index contributed by atoms with van der Waals surface area (Å²) in [6, 6.07) is 14.6. The molecule has 13 heteroatoms. The van der Waals surface area contributed by atoms with E-state index in [2.05, 4.69) is 39.4 Å². The number of thiazole rings is 1. The Hall–Kier alpha value is -4.81. The van der Waals surface area contributed by atoms with Crippen LogP contribution in [0, 0.1) is 12.8 Å². The van der Waals surface area contributed by atoms with E-state index >= 15 is 0 Å². The third-order valence-electron chi connectivity index (χ3n) is 7.05. The smallest absolute Gasteiger partial charge is 0.324 e. The second kappa shape index (κ2) is 13.0. The molecule has 230 valence electrons. The number of ether oxygens (including phenoxy) is 1. The molecular formula is C32H31ClN8O3S. The Morgan fingerprint density at radius 2 is 1.84 bits per heavy atom. The summed E-state index contributed by atoms with van der Waals surface area (Å²) in [6.45, 7) is 6.88. The molecule has 45 heavy (non-hydrogen) atoms. The van der Waals surface area contributed by atoms with Crippen molar-refractivity contribution < 1.29 is 14.3 Å². The lowest BCUT2D eigenvalue weighted by Gasteiger charge is -2.13. The molecule has 2 N–H and O–H groups in total. The largest absolute Gasteiger partial charge is 0.424 e. The Morgan fingerprint density at radius 3 is 2.53 bits per heavy atom. The first-order valence-electron chi connectivity index (χ1n) is 14.5. The summed E-state index contributed by atoms with van der Waals surface area (Å²) < 4.78 is 7.47. The molecule has 0 atom stereocenters. The average molecular weight is 643 g/mol. The minimum Gasteiger partial charge on any atom is -0.424 e. The van der Waals surface area contributed by atoms with Crippen LogP contribution >= 0.6 is 22.9 Å². The maximum atomic E-state index is 13.0. The van der Waals surface area contributed by atoms with Crippen molar-refractivity contribution in [3.8, 4) is 27.9 Å². The fraction of sp³-hybridized carbons (Fsp3) is 0.250. The van der Waals surface area contributed by atoms with E-state index in [1.165, 1.54) is 23.7 Å². The van der Waals surface area contributed by atoms with E-state index in [-0.39, 0.29) is 11.9 Å². The molecule has 1 aliphatic rings. The number of hydrogen-bond acceptors (Lipinski definition) is 8. The Morgan fingerprint density at radius 1 is 1.07 bits per heavy atom. The number of anilines is 3. The summed E-state index contributed by atoms with van der Waals surface area (Å²) in [5.41, 5.74) is 3.82. The highest BCUT2D eigenvalue weighted by Crippen LogP contribution is 2.34. The van der Waals surface area contributed by atoms with Gasteiger partial charge in [-0.15, -0.1) is 0 Å². The van der Waals surface area contributed by atoms with E-state index in [9.17, 15) is 9.59 Å². The second-order valence-electron chi connectivity index (χ2n) is 11.1. The maximum absolute atomic E-state index is 13.0. The number of para-hydroxylation sites is 1. The summed E-state index contributed by atoms with van der Waals surface area (Å²) in [4.78, 5) is 40.6. The van der Waals surface area contributed by atoms with Crippen LogP contribution in [0.25, 0.3) is 16.1 Å². The number of benzene rings is 2. The van der Waals surface area contributed by atoms with Crippen LogP contribution in [0.2, 0.25) is 5.02 Å². The van der Waals surface area contributed by atoms with Gasteiger partial charge in [-0.05, 0) is 67.1 Å². The van der Waals surface area contributed by atoms with Gasteiger partial charge in [0.15, 0.2) is 5.13 Å². The third kappa shape index (κ3) is 6.97. The van der Waals surface area contributed by atoms with Crippen molar-refractivity contribution >= 4 is 51.5 Å². The molecule has 3 amide bonds. The number of carbonyl (C=O) groups is 2. The van der Waals surface area contributed by atoms with Crippen LogP contribution in [-0.2, 0) is 11.2 Å². The van der Waals surface area contributed by atoms with Crippen molar-refractivity contribution in [2.75, 3.05) is 22.1 Å². The van der Waals surface area contributed by atoms with Crippen molar-refractivity contribution in [2.45, 2.75) is 40.0 Å². The standard InChI is InChI=1S/C32H31ClN8O3S/c1-19(2)14-22-15-27(41(39-22)29-20(3)6-4-7-25(29)33)38-30(43)37-23-16-34-31(35-17-23)44-24-11-9-21(10-12-24)26-18-36-32(45-26)40-13-5-8-28(40)42/h4,6-7,9-12,15-19H,5,8,13-14H2,1-3H3,(H2,37,38,43). The number of aromatic nitrogens is 5. The molecule has 11 nitrogen and oxygen atoms in total. The molecule has 0 unspecified atom stereocenters. The van der Waals surface area contributed by atoms with Gasteiger partial charge in [-0.2, -0.15) is 5.10 Å². The molecule has 0 saturated carbocycles. The number of nitrogens with one attached hydrogen (secondary N) is 2. The summed E-state index contributed by atoms with van der Waals surface area (Å²) in [7, 11) is 0. The number of nitrogens with zero attached hydrogens (tertiary/aromatic N) is 6. The first kappa shape index (κ1) is 30.2. The van der Waals surface area contributed by atoms with Gasteiger partial charge in [0.1, 0.15) is 11.6 Å². The van der Waals surface area contributed by atoms with E-state index in [4.69, 9.17) is 21.4 Å². The highest BCUT2D eigenvalue weighted by atomic mass is 35.5. The van der Waals surface area contributed by atoms with Crippen LogP contribution in [0.4, 0.5) is 21.4 Å². The maximum Gasteiger partial charge on any atom is 0.324 e. The molecule has 0 spiro atoms. The van der Waals surface area contributed by atoms with Crippen LogP contribution < -0.4 is 20.3 Å². The molecule has 1 saturated heterocycles. The molecule has 3 aromatic heterocycles. The predicted octanol–water partition coefficient (Wildman–Crippen LogP) is 7.51. The Balaban J connectivity index is 1.09. The van der Waals surface area contributed by atoms with Gasteiger partial charge < -0.3 is 10.1 Å². The minimum atomic E-state index is -0.481. The molecule has 1 aliphatic heterocycles. The number of urea groups is 1. The number of carbonyl (C=O) groups excluding carboxylic acids is 2. The first-order valence-corrected chi connectivity index (χ1v) is 15.7. The number of halogens is 1. The Labute approximate surface area is 269 Å². The second-order valence-corrected chi connectivity index (χ2v) is 12.5. The van der Waals surface area contributed by atoms with Crippen molar-refractivity contribution in [3.63, 3.8) is 0 Å². The molecular weight excluding hydrogens is 612 g/mol. The summed E-state index contributed by atoms with van der Waals surface area (Å²) in [5.74, 6) is 1.55. The fourth-order valence-electron chi connectivity index (χ4n) is 4.98. The lowest BCUT2D eigenvalue weighted by Crippen LogP contribution is -2.23. The normalized spacial score (nSPS) is 13.0. The topological polar surface area (TPSA) is 127 Å². The Kier molecular flexibility index (Phi) is 8.76. The third-order valence-corrected chi connectivity index (χ3v) is 8.43. The lowest BCUT2D eigenvalue weighted by atomic mass is 10.1. The van der Waals surface area contributed by atoms with Gasteiger partial charge in [0.25, 0.3) is 0 Å². The number of amides is 3. The zero-order valence-electron chi connectivity index (χ0n) is 25.0. The predicted molar refractivity (Wildman–Crippen MR) is 176 cm³/mol. The molecule has 1 fully saturated rings. The summed E-state index contributed by atoms with van der Waals surface area (Å²) in [6.07, 6.45) is 6.90.